The maximum absolute atomic E-state index is 14.9. The molecule has 1 aromatic carbocycles. The van der Waals surface area contributed by atoms with E-state index in [2.05, 4.69) is 38.8 Å². The minimum atomic E-state index is -0.699. The predicted molar refractivity (Wildman–Crippen MR) is 179 cm³/mol. The molecule has 0 radical (unpaired) electrons. The molecule has 3 saturated heterocycles. The Balaban J connectivity index is 1.68. The lowest BCUT2D eigenvalue weighted by Gasteiger charge is -2.40. The quantitative estimate of drug-likeness (QED) is 0.132. The van der Waals surface area contributed by atoms with Crippen LogP contribution in [0.25, 0.3) is 0 Å². The van der Waals surface area contributed by atoms with Gasteiger partial charge in [-0.15, -0.1) is 24.9 Å². The van der Waals surface area contributed by atoms with E-state index in [4.69, 9.17) is 4.74 Å². The molecule has 6 atom stereocenters. The number of hydrogen-bond acceptors (Lipinski definition) is 7. The highest BCUT2D eigenvalue weighted by molar-refractivity contribution is 8.02. The van der Waals surface area contributed by atoms with Gasteiger partial charge in [0.15, 0.2) is 0 Å². The van der Waals surface area contributed by atoms with Gasteiger partial charge in [-0.2, -0.15) is 0 Å². The maximum Gasteiger partial charge on any atom is 0.310 e. The lowest BCUT2D eigenvalue weighted by Crippen LogP contribution is -2.57. The SMILES string of the molecule is C=CCCCOC(=O)[C@@H]1[C@H]2C(=O)N(CCCCCCO)C(C(=O)N(CC=C)c3ccc(N(CC)CC)cc3)C23S[C@@H]1CC3C. The normalized spacial score (nSPS) is 26.9. The molecule has 0 aliphatic carbocycles. The molecule has 242 valence electrons. The summed E-state index contributed by atoms with van der Waals surface area (Å²) in [6.45, 7) is 17.1. The van der Waals surface area contributed by atoms with E-state index in [9.17, 15) is 19.5 Å². The van der Waals surface area contributed by atoms with Gasteiger partial charge in [0.2, 0.25) is 5.91 Å². The van der Waals surface area contributed by atoms with Gasteiger partial charge in [-0.25, -0.2) is 0 Å². The number of anilines is 2. The summed E-state index contributed by atoms with van der Waals surface area (Å²) < 4.78 is 5.02. The molecule has 3 fully saturated rings. The molecule has 4 rings (SSSR count). The van der Waals surface area contributed by atoms with Crippen molar-refractivity contribution in [2.24, 2.45) is 17.8 Å². The number of thioether (sulfide) groups is 1. The molecule has 0 aromatic heterocycles. The second-order valence-corrected chi connectivity index (χ2v) is 13.8. The molecule has 1 N–H and O–H groups in total. The number of allylic oxidation sites excluding steroid dienone is 1. The molecule has 2 bridgehead atoms. The molecule has 0 saturated carbocycles. The number of hydrogen-bond donors (Lipinski definition) is 1. The first-order chi connectivity index (χ1) is 21.3. The number of fused-ring (bicyclic) bond motifs is 1. The number of nitrogens with zero attached hydrogens (tertiary/aromatic N) is 3. The van der Waals surface area contributed by atoms with Crippen molar-refractivity contribution in [1.29, 1.82) is 0 Å². The number of aliphatic hydroxyl groups excluding tert-OH is 1. The number of ether oxygens (including phenoxy) is 1. The van der Waals surface area contributed by atoms with E-state index >= 15 is 0 Å². The lowest BCUT2D eigenvalue weighted by atomic mass is 9.66. The molecule has 3 heterocycles. The molecule has 3 aliphatic rings. The first-order valence-corrected chi connectivity index (χ1v) is 17.3. The van der Waals surface area contributed by atoms with Crippen molar-refractivity contribution < 1.29 is 24.2 Å². The van der Waals surface area contributed by atoms with Gasteiger partial charge in [0.05, 0.1) is 23.2 Å². The van der Waals surface area contributed by atoms with E-state index < -0.39 is 22.6 Å². The lowest BCUT2D eigenvalue weighted by molar-refractivity contribution is -0.154. The monoisotopic (exact) mass is 625 g/mol. The summed E-state index contributed by atoms with van der Waals surface area (Å²) in [6, 6.07) is 7.35. The summed E-state index contributed by atoms with van der Waals surface area (Å²) in [5, 5.41) is 9.19. The van der Waals surface area contributed by atoms with Crippen molar-refractivity contribution in [3.8, 4) is 0 Å². The number of esters is 1. The van der Waals surface area contributed by atoms with Crippen LogP contribution in [0.5, 0.6) is 0 Å². The molecule has 9 heteroatoms. The van der Waals surface area contributed by atoms with Crippen molar-refractivity contribution >= 4 is 40.9 Å². The predicted octanol–water partition coefficient (Wildman–Crippen LogP) is 5.45. The summed E-state index contributed by atoms with van der Waals surface area (Å²) in [5.41, 5.74) is 1.86. The molecular weight excluding hydrogens is 574 g/mol. The molecule has 44 heavy (non-hydrogen) atoms. The van der Waals surface area contributed by atoms with Gasteiger partial charge in [-0.3, -0.25) is 14.4 Å². The van der Waals surface area contributed by atoms with Crippen molar-refractivity contribution in [3.05, 3.63) is 49.6 Å². The molecule has 1 aromatic rings. The number of rotatable bonds is 18. The third-order valence-corrected chi connectivity index (χ3v) is 11.8. The van der Waals surface area contributed by atoms with Crippen LogP contribution in [0.15, 0.2) is 49.6 Å². The van der Waals surface area contributed by atoms with Crippen LogP contribution in [0.2, 0.25) is 0 Å². The highest BCUT2D eigenvalue weighted by Gasteiger charge is 2.76. The zero-order valence-corrected chi connectivity index (χ0v) is 27.6. The minimum absolute atomic E-state index is 0.0472. The fraction of sp³-hybridized carbons (Fsp3) is 0.629. The number of carbonyl (C=O) groups excluding carboxylic acids is 3. The van der Waals surface area contributed by atoms with Gasteiger partial charge < -0.3 is 24.5 Å². The molecular formula is C35H51N3O5S. The molecule has 2 amide bonds. The summed E-state index contributed by atoms with van der Waals surface area (Å²) in [5.74, 6) is -1.59. The number of aliphatic hydroxyl groups is 1. The van der Waals surface area contributed by atoms with Crippen molar-refractivity contribution in [2.75, 3.05) is 49.2 Å². The second-order valence-electron chi connectivity index (χ2n) is 12.2. The number of likely N-dealkylation sites (tertiary alicyclic amines) is 1. The number of amides is 2. The first-order valence-electron chi connectivity index (χ1n) is 16.4. The largest absolute Gasteiger partial charge is 0.465 e. The topological polar surface area (TPSA) is 90.4 Å². The average Bonchev–Trinajstić information content (AvgIpc) is 3.62. The summed E-state index contributed by atoms with van der Waals surface area (Å²) >= 11 is 1.68. The van der Waals surface area contributed by atoms with E-state index in [-0.39, 0.29) is 35.6 Å². The van der Waals surface area contributed by atoms with Gasteiger partial charge >= 0.3 is 5.97 Å². The summed E-state index contributed by atoms with van der Waals surface area (Å²) in [7, 11) is 0. The van der Waals surface area contributed by atoms with E-state index in [0.717, 1.165) is 56.6 Å². The Bertz CT molecular complexity index is 1170. The minimum Gasteiger partial charge on any atom is -0.465 e. The van der Waals surface area contributed by atoms with E-state index in [1.54, 1.807) is 33.7 Å². The van der Waals surface area contributed by atoms with Crippen LogP contribution in [0.1, 0.15) is 65.7 Å². The van der Waals surface area contributed by atoms with Gasteiger partial charge in [-0.05, 0) is 76.1 Å². The Hall–Kier alpha value is -2.78. The van der Waals surface area contributed by atoms with Crippen molar-refractivity contribution in [1.82, 2.24) is 4.90 Å². The molecule has 3 aliphatic heterocycles. The molecule has 8 nitrogen and oxygen atoms in total. The maximum atomic E-state index is 14.9. The Morgan fingerprint density at radius 2 is 1.75 bits per heavy atom. The van der Waals surface area contributed by atoms with Crippen LogP contribution in [0.4, 0.5) is 11.4 Å². The van der Waals surface area contributed by atoms with Crippen LogP contribution >= 0.6 is 11.8 Å². The van der Waals surface area contributed by atoms with E-state index in [1.165, 1.54) is 0 Å². The highest BCUT2D eigenvalue weighted by Crippen LogP contribution is 2.68. The van der Waals surface area contributed by atoms with Gasteiger partial charge in [-0.1, -0.05) is 31.9 Å². The zero-order chi connectivity index (χ0) is 31.9. The molecule has 1 spiro atoms. The van der Waals surface area contributed by atoms with Crippen LogP contribution in [0, 0.1) is 17.8 Å². The number of unbranched alkanes of at least 4 members (excludes halogenated alkanes) is 4. The van der Waals surface area contributed by atoms with E-state index in [1.807, 2.05) is 24.3 Å². The third-order valence-electron chi connectivity index (χ3n) is 9.72. The number of carbonyl (C=O) groups is 3. The number of benzene rings is 1. The van der Waals surface area contributed by atoms with Crippen LogP contribution in [-0.2, 0) is 19.1 Å². The Morgan fingerprint density at radius 1 is 1.07 bits per heavy atom. The Morgan fingerprint density at radius 3 is 2.39 bits per heavy atom. The summed E-state index contributed by atoms with van der Waals surface area (Å²) in [6.07, 6.45) is 8.93. The Labute approximate surface area is 267 Å². The smallest absolute Gasteiger partial charge is 0.310 e. The molecule has 3 unspecified atom stereocenters. The third kappa shape index (κ3) is 6.45. The van der Waals surface area contributed by atoms with Crippen LogP contribution in [-0.4, -0.2) is 83.2 Å². The average molecular weight is 626 g/mol. The van der Waals surface area contributed by atoms with Gasteiger partial charge in [0.1, 0.15) is 6.04 Å². The Kier molecular flexibility index (Phi) is 12.0. The van der Waals surface area contributed by atoms with Crippen LogP contribution < -0.4 is 9.80 Å². The highest BCUT2D eigenvalue weighted by atomic mass is 32.2. The van der Waals surface area contributed by atoms with Crippen LogP contribution in [0.3, 0.4) is 0 Å². The van der Waals surface area contributed by atoms with Gasteiger partial charge in [0.25, 0.3) is 5.91 Å². The first kappa shape index (κ1) is 34.1. The zero-order valence-electron chi connectivity index (χ0n) is 26.8. The standard InChI is InChI=1S/C35H51N3O5S/c1-6-10-15-23-43-34(42)29-28-24-25(5)35(44-28)30(29)32(40)38(21-13-11-12-14-22-39)31(35)33(41)37(20-7-2)27-18-16-26(17-19-27)36(8-3)9-4/h6-7,16-19,25,28-31,39H,1-2,8-15,20-24H2,3-5H3/t25?,28-,29+,30+,31?,35?/m1/s1. The fourth-order valence-electron chi connectivity index (χ4n) is 7.58. The van der Waals surface area contributed by atoms with Crippen molar-refractivity contribution in [2.45, 2.75) is 81.8 Å². The summed E-state index contributed by atoms with van der Waals surface area (Å²) in [4.78, 5) is 48.6. The fourth-order valence-corrected chi connectivity index (χ4v) is 9.99. The second kappa shape index (κ2) is 15.5. The van der Waals surface area contributed by atoms with Crippen molar-refractivity contribution in [3.63, 3.8) is 0 Å². The van der Waals surface area contributed by atoms with Gasteiger partial charge in [0, 0.05) is 49.4 Å². The van der Waals surface area contributed by atoms with E-state index in [0.29, 0.717) is 32.5 Å².